The fourth-order valence-corrected chi connectivity index (χ4v) is 2.75. The summed E-state index contributed by atoms with van der Waals surface area (Å²) < 4.78 is 14.0. The molecule has 0 amide bonds. The lowest BCUT2D eigenvalue weighted by atomic mass is 10.2. The lowest BCUT2D eigenvalue weighted by Crippen LogP contribution is -1.96. The van der Waals surface area contributed by atoms with Crippen molar-refractivity contribution in [2.24, 2.45) is 0 Å². The van der Waals surface area contributed by atoms with Gasteiger partial charge in [-0.3, -0.25) is 10.1 Å². The zero-order valence-electron chi connectivity index (χ0n) is 10.5. The van der Waals surface area contributed by atoms with Crippen LogP contribution in [0.3, 0.4) is 0 Å². The summed E-state index contributed by atoms with van der Waals surface area (Å²) >= 11 is 1.26. The molecule has 0 spiro atoms. The lowest BCUT2D eigenvalue weighted by Gasteiger charge is -2.03. The molecular formula is C12H8FN5O2S. The molecule has 0 radical (unpaired) electrons. The number of nitro benzene ring substituents is 1. The number of hydrogen-bond acceptors (Lipinski definition) is 6. The van der Waals surface area contributed by atoms with E-state index in [4.69, 9.17) is 0 Å². The van der Waals surface area contributed by atoms with Crippen LogP contribution in [0.4, 0.5) is 10.1 Å². The number of benzene rings is 1. The topological polar surface area (TPSA) is 97.6 Å². The first kappa shape index (κ1) is 13.4. The number of nitrogens with zero attached hydrogens (tertiary/aromatic N) is 4. The van der Waals surface area contributed by atoms with Gasteiger partial charge in [0.2, 0.25) is 5.82 Å². The summed E-state index contributed by atoms with van der Waals surface area (Å²) in [6, 6.07) is 4.12. The minimum absolute atomic E-state index is 0.221. The van der Waals surface area contributed by atoms with Gasteiger partial charge in [0.25, 0.3) is 0 Å². The molecule has 9 heteroatoms. The molecular weight excluding hydrogens is 297 g/mol. The maximum Gasteiger partial charge on any atom is 0.305 e. The van der Waals surface area contributed by atoms with Crippen molar-refractivity contribution in [2.75, 3.05) is 0 Å². The molecule has 0 fully saturated rings. The van der Waals surface area contributed by atoms with E-state index in [0.29, 0.717) is 16.2 Å². The number of aromatic amines is 1. The van der Waals surface area contributed by atoms with Gasteiger partial charge in [0.15, 0.2) is 5.65 Å². The molecule has 0 bridgehead atoms. The third-order valence-corrected chi connectivity index (χ3v) is 3.85. The number of imidazole rings is 1. The van der Waals surface area contributed by atoms with E-state index in [1.807, 2.05) is 0 Å². The second kappa shape index (κ2) is 5.44. The molecule has 0 unspecified atom stereocenters. The van der Waals surface area contributed by atoms with Gasteiger partial charge in [0.1, 0.15) is 16.9 Å². The third kappa shape index (κ3) is 2.55. The standard InChI is InChI=1S/C12H8FN5O2S/c13-9-7(2-1-3-8(9)18(19)20)4-21-12-10-11(15-5-14-10)16-6-17-12/h1-3,5-6H,4H2,(H,14,15,16,17). The van der Waals surface area contributed by atoms with Crippen LogP contribution in [-0.4, -0.2) is 24.9 Å². The van der Waals surface area contributed by atoms with Crippen molar-refractivity contribution in [3.8, 4) is 0 Å². The average Bonchev–Trinajstić information content (AvgIpc) is 2.95. The molecule has 0 atom stereocenters. The van der Waals surface area contributed by atoms with Crippen LogP contribution in [0.1, 0.15) is 5.56 Å². The van der Waals surface area contributed by atoms with Crippen molar-refractivity contribution >= 4 is 28.6 Å². The highest BCUT2D eigenvalue weighted by Gasteiger charge is 2.17. The summed E-state index contributed by atoms with van der Waals surface area (Å²) in [6.07, 6.45) is 2.87. The lowest BCUT2D eigenvalue weighted by molar-refractivity contribution is -0.387. The highest BCUT2D eigenvalue weighted by Crippen LogP contribution is 2.28. The van der Waals surface area contributed by atoms with Crippen molar-refractivity contribution in [2.45, 2.75) is 10.8 Å². The molecule has 7 nitrogen and oxygen atoms in total. The Labute approximate surface area is 121 Å². The van der Waals surface area contributed by atoms with E-state index in [1.54, 1.807) is 0 Å². The first-order valence-corrected chi connectivity index (χ1v) is 6.84. The molecule has 0 aliphatic carbocycles. The first-order valence-electron chi connectivity index (χ1n) is 5.85. The highest BCUT2D eigenvalue weighted by atomic mass is 32.2. The number of rotatable bonds is 4. The Hall–Kier alpha value is -2.55. The van der Waals surface area contributed by atoms with Gasteiger partial charge in [-0.15, -0.1) is 0 Å². The van der Waals surface area contributed by atoms with Crippen LogP contribution >= 0.6 is 11.8 Å². The molecule has 1 N–H and O–H groups in total. The number of aromatic nitrogens is 4. The highest BCUT2D eigenvalue weighted by molar-refractivity contribution is 7.98. The van der Waals surface area contributed by atoms with Crippen molar-refractivity contribution in [3.63, 3.8) is 0 Å². The van der Waals surface area contributed by atoms with E-state index in [-0.39, 0.29) is 11.3 Å². The second-order valence-electron chi connectivity index (χ2n) is 4.08. The summed E-state index contributed by atoms with van der Waals surface area (Å²) in [7, 11) is 0. The third-order valence-electron chi connectivity index (χ3n) is 2.81. The van der Waals surface area contributed by atoms with Crippen LogP contribution in [0.25, 0.3) is 11.2 Å². The fourth-order valence-electron chi connectivity index (χ4n) is 1.82. The molecule has 21 heavy (non-hydrogen) atoms. The Kier molecular flexibility index (Phi) is 3.48. The van der Waals surface area contributed by atoms with Crippen LogP contribution in [0.5, 0.6) is 0 Å². The van der Waals surface area contributed by atoms with Crippen LogP contribution in [0, 0.1) is 15.9 Å². The van der Waals surface area contributed by atoms with Gasteiger partial charge in [-0.2, -0.15) is 4.39 Å². The van der Waals surface area contributed by atoms with E-state index in [9.17, 15) is 14.5 Å². The SMILES string of the molecule is O=[N+]([O-])c1cccc(CSc2ncnc3nc[nH]c23)c1F. The molecule has 0 aliphatic rings. The van der Waals surface area contributed by atoms with Crippen molar-refractivity contribution < 1.29 is 9.31 Å². The maximum absolute atomic E-state index is 14.0. The average molecular weight is 305 g/mol. The van der Waals surface area contributed by atoms with Crippen molar-refractivity contribution in [1.29, 1.82) is 0 Å². The molecule has 2 heterocycles. The Morgan fingerprint density at radius 3 is 3.00 bits per heavy atom. The van der Waals surface area contributed by atoms with Gasteiger partial charge < -0.3 is 4.98 Å². The molecule has 2 aromatic heterocycles. The zero-order valence-corrected chi connectivity index (χ0v) is 11.3. The monoisotopic (exact) mass is 305 g/mol. The summed E-state index contributed by atoms with van der Waals surface area (Å²) in [5.41, 5.74) is 0.906. The van der Waals surface area contributed by atoms with Gasteiger partial charge >= 0.3 is 5.69 Å². The number of fused-ring (bicyclic) bond motifs is 1. The zero-order chi connectivity index (χ0) is 14.8. The molecule has 0 saturated heterocycles. The maximum atomic E-state index is 14.0. The summed E-state index contributed by atoms with van der Waals surface area (Å²) in [5.74, 6) is -0.594. The first-order chi connectivity index (χ1) is 10.2. The van der Waals surface area contributed by atoms with E-state index in [1.165, 1.54) is 36.5 Å². The predicted molar refractivity (Wildman–Crippen MR) is 74.3 cm³/mol. The summed E-state index contributed by atoms with van der Waals surface area (Å²) in [6.45, 7) is 0. The largest absolute Gasteiger partial charge is 0.341 e. The summed E-state index contributed by atoms with van der Waals surface area (Å²) in [5, 5.41) is 11.3. The Morgan fingerprint density at radius 1 is 1.33 bits per heavy atom. The van der Waals surface area contributed by atoms with Crippen LogP contribution < -0.4 is 0 Å². The molecule has 0 saturated carbocycles. The Morgan fingerprint density at radius 2 is 2.19 bits per heavy atom. The van der Waals surface area contributed by atoms with Crippen LogP contribution in [0.2, 0.25) is 0 Å². The number of H-pyrrole nitrogens is 1. The molecule has 1 aromatic carbocycles. The Balaban J connectivity index is 1.87. The number of nitrogens with one attached hydrogen (secondary N) is 1. The van der Waals surface area contributed by atoms with Gasteiger partial charge in [0.05, 0.1) is 11.3 Å². The minimum atomic E-state index is -0.815. The Bertz CT molecular complexity index is 822. The normalized spacial score (nSPS) is 10.9. The van der Waals surface area contributed by atoms with Gasteiger partial charge in [0, 0.05) is 17.4 Å². The van der Waals surface area contributed by atoms with Gasteiger partial charge in [-0.05, 0) is 0 Å². The van der Waals surface area contributed by atoms with E-state index < -0.39 is 16.4 Å². The predicted octanol–water partition coefficient (Wildman–Crippen LogP) is 2.69. The van der Waals surface area contributed by atoms with Crippen molar-refractivity contribution in [3.05, 3.63) is 52.3 Å². The van der Waals surface area contributed by atoms with Crippen LogP contribution in [0.15, 0.2) is 35.9 Å². The number of nitro groups is 1. The van der Waals surface area contributed by atoms with Gasteiger partial charge in [-0.1, -0.05) is 23.9 Å². The smallest absolute Gasteiger partial charge is 0.305 e. The van der Waals surface area contributed by atoms with E-state index in [0.717, 1.165) is 6.07 Å². The molecule has 3 rings (SSSR count). The molecule has 0 aliphatic heterocycles. The van der Waals surface area contributed by atoms with E-state index in [2.05, 4.69) is 19.9 Å². The number of halogens is 1. The quantitative estimate of drug-likeness (QED) is 0.344. The minimum Gasteiger partial charge on any atom is -0.341 e. The fraction of sp³-hybridized carbons (Fsp3) is 0.0833. The molecule has 3 aromatic rings. The summed E-state index contributed by atoms with van der Waals surface area (Å²) in [4.78, 5) is 25.0. The van der Waals surface area contributed by atoms with E-state index >= 15 is 0 Å². The van der Waals surface area contributed by atoms with Crippen molar-refractivity contribution in [1.82, 2.24) is 19.9 Å². The van der Waals surface area contributed by atoms with Gasteiger partial charge in [-0.25, -0.2) is 15.0 Å². The molecule has 106 valence electrons. The number of hydrogen-bond donors (Lipinski definition) is 1. The van der Waals surface area contributed by atoms with Crippen LogP contribution in [-0.2, 0) is 5.75 Å². The number of thioether (sulfide) groups is 1. The second-order valence-corrected chi connectivity index (χ2v) is 5.04.